The van der Waals surface area contributed by atoms with E-state index >= 15 is 0 Å². The summed E-state index contributed by atoms with van der Waals surface area (Å²) in [6, 6.07) is 12.5. The predicted molar refractivity (Wildman–Crippen MR) is 75.0 cm³/mol. The Bertz CT molecular complexity index is 534. The van der Waals surface area contributed by atoms with Crippen molar-refractivity contribution in [3.63, 3.8) is 0 Å². The third-order valence-electron chi connectivity index (χ3n) is 3.41. The van der Waals surface area contributed by atoms with Gasteiger partial charge in [-0.15, -0.1) is 0 Å². The summed E-state index contributed by atoms with van der Waals surface area (Å²) in [6.07, 6.45) is 5.31. The van der Waals surface area contributed by atoms with Gasteiger partial charge in [-0.3, -0.25) is 0 Å². The van der Waals surface area contributed by atoms with Crippen molar-refractivity contribution in [3.8, 4) is 0 Å². The van der Waals surface area contributed by atoms with Gasteiger partial charge < -0.3 is 10.6 Å². The SMILES string of the molecule is Nc1ccc(N2CCCCc3ccccc32)nc1. The zero-order chi connectivity index (χ0) is 12.4. The van der Waals surface area contributed by atoms with Crippen LogP contribution in [-0.4, -0.2) is 11.5 Å². The van der Waals surface area contributed by atoms with Crippen molar-refractivity contribution < 1.29 is 0 Å². The average molecular weight is 239 g/mol. The second-order valence-corrected chi connectivity index (χ2v) is 4.69. The minimum absolute atomic E-state index is 0.710. The number of benzene rings is 1. The second-order valence-electron chi connectivity index (χ2n) is 4.69. The maximum absolute atomic E-state index is 5.70. The standard InChI is InChI=1S/C15H17N3/c16-13-8-9-15(17-11-13)18-10-4-3-6-12-5-1-2-7-14(12)18/h1-2,5,7-9,11H,3-4,6,10,16H2. The topological polar surface area (TPSA) is 42.1 Å². The number of aryl methyl sites for hydroxylation is 1. The number of hydrogen-bond acceptors (Lipinski definition) is 3. The summed E-state index contributed by atoms with van der Waals surface area (Å²) in [5, 5.41) is 0. The number of nitrogen functional groups attached to an aromatic ring is 1. The first kappa shape index (κ1) is 11.1. The van der Waals surface area contributed by atoms with E-state index in [0.717, 1.165) is 18.8 Å². The first-order chi connectivity index (χ1) is 8.84. The van der Waals surface area contributed by atoms with Crippen molar-refractivity contribution in [2.45, 2.75) is 19.3 Å². The molecular formula is C15H17N3. The maximum atomic E-state index is 5.70. The Morgan fingerprint density at radius 2 is 1.94 bits per heavy atom. The van der Waals surface area contributed by atoms with Gasteiger partial charge in [-0.25, -0.2) is 4.98 Å². The smallest absolute Gasteiger partial charge is 0.133 e. The van der Waals surface area contributed by atoms with Crippen LogP contribution in [0.15, 0.2) is 42.6 Å². The lowest BCUT2D eigenvalue weighted by atomic mass is 10.1. The van der Waals surface area contributed by atoms with E-state index in [1.165, 1.54) is 24.1 Å². The van der Waals surface area contributed by atoms with Gasteiger partial charge in [0.05, 0.1) is 11.9 Å². The first-order valence-electron chi connectivity index (χ1n) is 6.41. The van der Waals surface area contributed by atoms with Crippen molar-refractivity contribution in [3.05, 3.63) is 48.2 Å². The van der Waals surface area contributed by atoms with Crippen LogP contribution < -0.4 is 10.6 Å². The fraction of sp³-hybridized carbons (Fsp3) is 0.267. The van der Waals surface area contributed by atoms with Gasteiger partial charge in [-0.1, -0.05) is 18.2 Å². The molecule has 0 bridgehead atoms. The third-order valence-corrected chi connectivity index (χ3v) is 3.41. The van der Waals surface area contributed by atoms with Crippen molar-refractivity contribution in [2.75, 3.05) is 17.2 Å². The molecule has 1 aliphatic heterocycles. The van der Waals surface area contributed by atoms with E-state index in [0.29, 0.717) is 5.69 Å². The Hall–Kier alpha value is -2.03. The molecule has 2 heterocycles. The van der Waals surface area contributed by atoms with Crippen molar-refractivity contribution in [1.82, 2.24) is 4.98 Å². The van der Waals surface area contributed by atoms with Gasteiger partial charge in [0.25, 0.3) is 0 Å². The molecule has 0 amide bonds. The van der Waals surface area contributed by atoms with Gasteiger partial charge in [0.1, 0.15) is 5.82 Å². The normalized spacial score (nSPS) is 15.0. The molecule has 1 aromatic heterocycles. The molecule has 0 atom stereocenters. The quantitative estimate of drug-likeness (QED) is 0.831. The van der Waals surface area contributed by atoms with Gasteiger partial charge in [0.15, 0.2) is 0 Å². The van der Waals surface area contributed by atoms with E-state index in [2.05, 4.69) is 34.1 Å². The van der Waals surface area contributed by atoms with Crippen LogP contribution in [-0.2, 0) is 6.42 Å². The Morgan fingerprint density at radius 3 is 2.78 bits per heavy atom. The lowest BCUT2D eigenvalue weighted by Gasteiger charge is -2.23. The van der Waals surface area contributed by atoms with Crippen LogP contribution in [0.2, 0.25) is 0 Å². The molecule has 0 spiro atoms. The number of pyridine rings is 1. The Labute approximate surface area is 107 Å². The molecule has 0 aliphatic carbocycles. The average Bonchev–Trinajstić information content (AvgIpc) is 2.62. The summed E-state index contributed by atoms with van der Waals surface area (Å²) in [5.74, 6) is 0.985. The summed E-state index contributed by atoms with van der Waals surface area (Å²) < 4.78 is 0. The number of fused-ring (bicyclic) bond motifs is 1. The number of para-hydroxylation sites is 1. The van der Waals surface area contributed by atoms with Gasteiger partial charge in [-0.2, -0.15) is 0 Å². The molecule has 2 aromatic rings. The molecule has 0 radical (unpaired) electrons. The fourth-order valence-corrected chi connectivity index (χ4v) is 2.49. The summed E-state index contributed by atoms with van der Waals surface area (Å²) in [6.45, 7) is 1.02. The van der Waals surface area contributed by atoms with E-state index in [1.807, 2.05) is 12.1 Å². The zero-order valence-corrected chi connectivity index (χ0v) is 10.3. The molecule has 0 saturated carbocycles. The number of rotatable bonds is 1. The van der Waals surface area contributed by atoms with Crippen molar-refractivity contribution >= 4 is 17.2 Å². The maximum Gasteiger partial charge on any atom is 0.133 e. The lowest BCUT2D eigenvalue weighted by Crippen LogP contribution is -2.19. The van der Waals surface area contributed by atoms with Crippen LogP contribution in [0.4, 0.5) is 17.2 Å². The summed E-state index contributed by atoms with van der Waals surface area (Å²) in [7, 11) is 0. The highest BCUT2D eigenvalue weighted by atomic mass is 15.2. The largest absolute Gasteiger partial charge is 0.397 e. The molecule has 0 fully saturated rings. The molecular weight excluding hydrogens is 222 g/mol. The van der Waals surface area contributed by atoms with Crippen molar-refractivity contribution in [1.29, 1.82) is 0 Å². The Morgan fingerprint density at radius 1 is 1.06 bits per heavy atom. The van der Waals surface area contributed by atoms with Crippen LogP contribution in [0.25, 0.3) is 0 Å². The van der Waals surface area contributed by atoms with Crippen LogP contribution in [0.5, 0.6) is 0 Å². The highest BCUT2D eigenvalue weighted by Crippen LogP contribution is 2.31. The number of nitrogens with two attached hydrogens (primary N) is 1. The van der Waals surface area contributed by atoms with Crippen LogP contribution in [0.1, 0.15) is 18.4 Å². The molecule has 92 valence electrons. The van der Waals surface area contributed by atoms with Gasteiger partial charge in [0, 0.05) is 12.2 Å². The second kappa shape index (κ2) is 4.69. The summed E-state index contributed by atoms with van der Waals surface area (Å²) in [4.78, 5) is 6.74. The molecule has 1 aliphatic rings. The molecule has 3 nitrogen and oxygen atoms in total. The number of hydrogen-bond donors (Lipinski definition) is 1. The van der Waals surface area contributed by atoms with Crippen LogP contribution in [0, 0.1) is 0 Å². The van der Waals surface area contributed by atoms with E-state index in [4.69, 9.17) is 5.73 Å². The highest BCUT2D eigenvalue weighted by Gasteiger charge is 2.16. The van der Waals surface area contributed by atoms with E-state index in [9.17, 15) is 0 Å². The van der Waals surface area contributed by atoms with Crippen LogP contribution >= 0.6 is 0 Å². The number of aromatic nitrogens is 1. The fourth-order valence-electron chi connectivity index (χ4n) is 2.49. The summed E-state index contributed by atoms with van der Waals surface area (Å²) >= 11 is 0. The van der Waals surface area contributed by atoms with E-state index in [1.54, 1.807) is 6.20 Å². The molecule has 0 saturated heterocycles. The zero-order valence-electron chi connectivity index (χ0n) is 10.3. The Balaban J connectivity index is 2.03. The minimum atomic E-state index is 0.710. The molecule has 3 rings (SSSR count). The highest BCUT2D eigenvalue weighted by molar-refractivity contribution is 5.65. The molecule has 0 unspecified atom stereocenters. The number of nitrogens with zero attached hydrogens (tertiary/aromatic N) is 2. The summed E-state index contributed by atoms with van der Waals surface area (Å²) in [5.41, 5.74) is 9.11. The minimum Gasteiger partial charge on any atom is -0.397 e. The molecule has 2 N–H and O–H groups in total. The molecule has 18 heavy (non-hydrogen) atoms. The van der Waals surface area contributed by atoms with Gasteiger partial charge in [-0.05, 0) is 43.0 Å². The van der Waals surface area contributed by atoms with E-state index < -0.39 is 0 Å². The third kappa shape index (κ3) is 2.04. The van der Waals surface area contributed by atoms with E-state index in [-0.39, 0.29) is 0 Å². The van der Waals surface area contributed by atoms with Crippen LogP contribution in [0.3, 0.4) is 0 Å². The van der Waals surface area contributed by atoms with Gasteiger partial charge in [0.2, 0.25) is 0 Å². The Kier molecular flexibility index (Phi) is 2.89. The lowest BCUT2D eigenvalue weighted by molar-refractivity contribution is 0.758. The van der Waals surface area contributed by atoms with Crippen molar-refractivity contribution in [2.24, 2.45) is 0 Å². The molecule has 1 aromatic carbocycles. The predicted octanol–water partition coefficient (Wildman–Crippen LogP) is 3.14. The number of anilines is 3. The van der Waals surface area contributed by atoms with Gasteiger partial charge >= 0.3 is 0 Å². The monoisotopic (exact) mass is 239 g/mol. The first-order valence-corrected chi connectivity index (χ1v) is 6.41. The molecule has 3 heteroatoms.